The molecule has 1 N–H and O–H groups in total. The normalized spacial score (nSPS) is 10.7. The number of aromatic nitrogens is 1. The first-order chi connectivity index (χ1) is 11.0. The molecule has 23 heavy (non-hydrogen) atoms. The molecule has 0 radical (unpaired) electrons. The molecular formula is C17H11BrClNO3. The molecule has 4 nitrogen and oxygen atoms in total. The van der Waals surface area contributed by atoms with E-state index < -0.39 is 5.97 Å². The molecule has 0 amide bonds. The lowest BCUT2D eigenvalue weighted by Gasteiger charge is -2.00. The van der Waals surface area contributed by atoms with Crippen molar-refractivity contribution < 1.29 is 14.3 Å². The summed E-state index contributed by atoms with van der Waals surface area (Å²) < 4.78 is 6.77. The number of rotatable bonds is 4. The summed E-state index contributed by atoms with van der Waals surface area (Å²) in [6, 6.07) is 14.5. The predicted molar refractivity (Wildman–Crippen MR) is 91.4 cm³/mol. The van der Waals surface area contributed by atoms with Crippen molar-refractivity contribution in [3.05, 3.63) is 63.7 Å². The Balaban J connectivity index is 2.10. The number of oxazole rings is 1. The predicted octanol–water partition coefficient (Wildman–Crippen LogP) is 5.05. The Morgan fingerprint density at radius 2 is 1.91 bits per heavy atom. The molecule has 0 spiro atoms. The largest absolute Gasteiger partial charge is 0.481 e. The van der Waals surface area contributed by atoms with Gasteiger partial charge in [0.05, 0.1) is 12.1 Å². The van der Waals surface area contributed by atoms with Crippen molar-refractivity contribution in [2.75, 3.05) is 0 Å². The second-order valence-electron chi connectivity index (χ2n) is 4.88. The quantitative estimate of drug-likeness (QED) is 0.675. The van der Waals surface area contributed by atoms with E-state index in [1.54, 1.807) is 18.2 Å². The number of carboxylic acid groups (broad SMARTS) is 1. The lowest BCUT2D eigenvalue weighted by molar-refractivity contribution is -0.136. The van der Waals surface area contributed by atoms with Crippen LogP contribution < -0.4 is 0 Å². The van der Waals surface area contributed by atoms with Gasteiger partial charge in [-0.2, -0.15) is 0 Å². The van der Waals surface area contributed by atoms with Crippen LogP contribution in [0, 0.1) is 0 Å². The molecule has 2 aromatic carbocycles. The van der Waals surface area contributed by atoms with Gasteiger partial charge >= 0.3 is 5.97 Å². The standard InChI is InChI=1S/C17H11BrClNO3/c18-12-6-4-10(5-7-12)17-20-14(9-15(21)22)16(23-17)11-2-1-3-13(19)8-11/h1-8H,9H2,(H,21,22). The molecule has 0 atom stereocenters. The number of hydrogen-bond acceptors (Lipinski definition) is 3. The highest BCUT2D eigenvalue weighted by Gasteiger charge is 2.18. The molecule has 6 heteroatoms. The van der Waals surface area contributed by atoms with Gasteiger partial charge in [-0.1, -0.05) is 39.7 Å². The molecule has 0 fully saturated rings. The van der Waals surface area contributed by atoms with Crippen LogP contribution in [0.1, 0.15) is 5.69 Å². The highest BCUT2D eigenvalue weighted by Crippen LogP contribution is 2.32. The SMILES string of the molecule is O=C(O)Cc1nc(-c2ccc(Br)cc2)oc1-c1cccc(Cl)c1. The Morgan fingerprint density at radius 3 is 2.57 bits per heavy atom. The molecule has 3 aromatic rings. The zero-order valence-corrected chi connectivity index (χ0v) is 14.1. The minimum Gasteiger partial charge on any atom is -0.481 e. The zero-order chi connectivity index (χ0) is 16.4. The van der Waals surface area contributed by atoms with Gasteiger partial charge in [-0.3, -0.25) is 4.79 Å². The minimum absolute atomic E-state index is 0.220. The number of carboxylic acids is 1. The van der Waals surface area contributed by atoms with E-state index in [-0.39, 0.29) is 6.42 Å². The number of benzene rings is 2. The van der Waals surface area contributed by atoms with Crippen LogP contribution in [0.15, 0.2) is 57.4 Å². The van der Waals surface area contributed by atoms with Crippen molar-refractivity contribution in [1.29, 1.82) is 0 Å². The van der Waals surface area contributed by atoms with Gasteiger partial charge in [0.2, 0.25) is 5.89 Å². The molecule has 1 aromatic heterocycles. The highest BCUT2D eigenvalue weighted by molar-refractivity contribution is 9.10. The topological polar surface area (TPSA) is 63.3 Å². The molecule has 3 rings (SSSR count). The van der Waals surface area contributed by atoms with Crippen LogP contribution >= 0.6 is 27.5 Å². The molecule has 0 bridgehead atoms. The van der Waals surface area contributed by atoms with Crippen LogP contribution in [-0.2, 0) is 11.2 Å². The third-order valence-corrected chi connectivity index (χ3v) is 3.96. The lowest BCUT2D eigenvalue weighted by atomic mass is 10.1. The third-order valence-electron chi connectivity index (χ3n) is 3.19. The molecule has 0 aliphatic rings. The van der Waals surface area contributed by atoms with Crippen LogP contribution in [0.4, 0.5) is 0 Å². The summed E-state index contributed by atoms with van der Waals surface area (Å²) in [6.45, 7) is 0. The summed E-state index contributed by atoms with van der Waals surface area (Å²) >= 11 is 9.38. The van der Waals surface area contributed by atoms with Crippen LogP contribution in [0.2, 0.25) is 5.02 Å². The van der Waals surface area contributed by atoms with Gasteiger partial charge in [-0.05, 0) is 36.4 Å². The maximum atomic E-state index is 11.1. The van der Waals surface area contributed by atoms with E-state index in [2.05, 4.69) is 20.9 Å². The summed E-state index contributed by atoms with van der Waals surface area (Å²) in [5.74, 6) is -0.166. The van der Waals surface area contributed by atoms with Crippen molar-refractivity contribution in [3.63, 3.8) is 0 Å². The summed E-state index contributed by atoms with van der Waals surface area (Å²) in [5.41, 5.74) is 1.84. The zero-order valence-electron chi connectivity index (χ0n) is 11.8. The second kappa shape index (κ2) is 6.56. The fourth-order valence-corrected chi connectivity index (χ4v) is 2.64. The Bertz CT molecular complexity index is 859. The van der Waals surface area contributed by atoms with Gasteiger partial charge in [0.25, 0.3) is 0 Å². The van der Waals surface area contributed by atoms with E-state index in [0.29, 0.717) is 27.9 Å². The Morgan fingerprint density at radius 1 is 1.17 bits per heavy atom. The summed E-state index contributed by atoms with van der Waals surface area (Å²) in [5, 5.41) is 9.64. The van der Waals surface area contributed by atoms with Crippen LogP contribution in [0.5, 0.6) is 0 Å². The van der Waals surface area contributed by atoms with Gasteiger partial charge in [0.15, 0.2) is 5.76 Å². The maximum Gasteiger partial charge on any atom is 0.309 e. The Kier molecular flexibility index (Phi) is 4.50. The van der Waals surface area contributed by atoms with E-state index in [9.17, 15) is 4.79 Å². The Labute approximate surface area is 145 Å². The highest BCUT2D eigenvalue weighted by atomic mass is 79.9. The van der Waals surface area contributed by atoms with E-state index in [1.807, 2.05) is 30.3 Å². The molecule has 116 valence electrons. The average Bonchev–Trinajstić information content (AvgIpc) is 2.91. The maximum absolute atomic E-state index is 11.1. The summed E-state index contributed by atoms with van der Waals surface area (Å²) in [4.78, 5) is 15.4. The summed E-state index contributed by atoms with van der Waals surface area (Å²) in [7, 11) is 0. The molecule has 0 aliphatic heterocycles. The van der Waals surface area contributed by atoms with Gasteiger partial charge in [0, 0.05) is 20.6 Å². The number of aliphatic carboxylic acids is 1. The lowest BCUT2D eigenvalue weighted by Crippen LogP contribution is -2.01. The molecular weight excluding hydrogens is 382 g/mol. The van der Waals surface area contributed by atoms with Crippen molar-refractivity contribution in [1.82, 2.24) is 4.98 Å². The van der Waals surface area contributed by atoms with Crippen LogP contribution in [0.25, 0.3) is 22.8 Å². The third kappa shape index (κ3) is 3.63. The first-order valence-corrected chi connectivity index (χ1v) is 7.93. The number of carbonyl (C=O) groups is 1. The second-order valence-corrected chi connectivity index (χ2v) is 6.23. The van der Waals surface area contributed by atoms with E-state index in [4.69, 9.17) is 21.1 Å². The van der Waals surface area contributed by atoms with E-state index >= 15 is 0 Å². The molecule has 0 saturated heterocycles. The molecule has 0 saturated carbocycles. The van der Waals surface area contributed by atoms with E-state index in [0.717, 1.165) is 10.0 Å². The monoisotopic (exact) mass is 391 g/mol. The van der Waals surface area contributed by atoms with E-state index in [1.165, 1.54) is 0 Å². The van der Waals surface area contributed by atoms with Gasteiger partial charge in [-0.25, -0.2) is 4.98 Å². The van der Waals surface area contributed by atoms with Gasteiger partial charge in [0.1, 0.15) is 0 Å². The van der Waals surface area contributed by atoms with Crippen LogP contribution in [-0.4, -0.2) is 16.1 Å². The van der Waals surface area contributed by atoms with Crippen molar-refractivity contribution in [2.45, 2.75) is 6.42 Å². The van der Waals surface area contributed by atoms with Gasteiger partial charge in [-0.15, -0.1) is 0 Å². The fraction of sp³-hybridized carbons (Fsp3) is 0.0588. The molecule has 1 heterocycles. The van der Waals surface area contributed by atoms with Gasteiger partial charge < -0.3 is 9.52 Å². The molecule has 0 unspecified atom stereocenters. The average molecular weight is 393 g/mol. The first-order valence-electron chi connectivity index (χ1n) is 6.76. The Hall–Kier alpha value is -2.11. The van der Waals surface area contributed by atoms with Crippen molar-refractivity contribution in [2.24, 2.45) is 0 Å². The van der Waals surface area contributed by atoms with Crippen LogP contribution in [0.3, 0.4) is 0 Å². The van der Waals surface area contributed by atoms with Crippen molar-refractivity contribution in [3.8, 4) is 22.8 Å². The summed E-state index contributed by atoms with van der Waals surface area (Å²) in [6.07, 6.45) is -0.220. The number of halogens is 2. The van der Waals surface area contributed by atoms with Crippen molar-refractivity contribution >= 4 is 33.5 Å². The smallest absolute Gasteiger partial charge is 0.309 e. The first kappa shape index (κ1) is 15.8. The fourth-order valence-electron chi connectivity index (χ4n) is 2.19. The number of nitrogens with zero attached hydrogens (tertiary/aromatic N) is 1. The minimum atomic E-state index is -0.969. The molecule has 0 aliphatic carbocycles. The number of hydrogen-bond donors (Lipinski definition) is 1.